The molecule has 0 amide bonds. The van der Waals surface area contributed by atoms with Crippen LogP contribution in [-0.4, -0.2) is 48.6 Å². The second kappa shape index (κ2) is 8.93. The van der Waals surface area contributed by atoms with Crippen molar-refractivity contribution in [2.45, 2.75) is 66.5 Å². The van der Waals surface area contributed by atoms with Crippen molar-refractivity contribution in [3.63, 3.8) is 0 Å². The normalized spacial score (nSPS) is 18.7. The van der Waals surface area contributed by atoms with Crippen molar-refractivity contribution < 1.29 is 0 Å². The lowest BCUT2D eigenvalue weighted by Crippen LogP contribution is -2.42. The Labute approximate surface area is 109 Å². The Kier molecular flexibility index (Phi) is 8.89. The van der Waals surface area contributed by atoms with E-state index in [1.165, 1.54) is 32.5 Å². The van der Waals surface area contributed by atoms with Crippen LogP contribution in [0.1, 0.15) is 54.4 Å². The van der Waals surface area contributed by atoms with Gasteiger partial charge in [0.2, 0.25) is 0 Å². The van der Waals surface area contributed by atoms with E-state index in [9.17, 15) is 0 Å². The molecular formula is C15H34N2. The van der Waals surface area contributed by atoms with Crippen molar-refractivity contribution in [1.82, 2.24) is 9.80 Å². The molecule has 0 aromatic rings. The van der Waals surface area contributed by atoms with Gasteiger partial charge in [-0.3, -0.25) is 0 Å². The fourth-order valence-corrected chi connectivity index (χ4v) is 2.27. The molecule has 1 saturated heterocycles. The SMILES string of the molecule is CC.CC(C)N(C)CC1CCN(C(C)C)CC1. The second-order valence-corrected chi connectivity index (χ2v) is 5.61. The lowest BCUT2D eigenvalue weighted by Gasteiger charge is -2.36. The zero-order valence-corrected chi connectivity index (χ0v) is 13.2. The van der Waals surface area contributed by atoms with Crippen LogP contribution >= 0.6 is 0 Å². The molecule has 0 aliphatic carbocycles. The highest BCUT2D eigenvalue weighted by atomic mass is 15.2. The summed E-state index contributed by atoms with van der Waals surface area (Å²) in [5, 5.41) is 0. The van der Waals surface area contributed by atoms with Gasteiger partial charge in [-0.25, -0.2) is 0 Å². The average Bonchev–Trinajstić information content (AvgIpc) is 2.32. The number of piperidine rings is 1. The van der Waals surface area contributed by atoms with Crippen LogP contribution in [0, 0.1) is 5.92 Å². The molecule has 0 bridgehead atoms. The molecule has 1 aliphatic rings. The van der Waals surface area contributed by atoms with Gasteiger partial charge in [-0.2, -0.15) is 0 Å². The van der Waals surface area contributed by atoms with Gasteiger partial charge in [0.25, 0.3) is 0 Å². The summed E-state index contributed by atoms with van der Waals surface area (Å²) in [6, 6.07) is 1.42. The summed E-state index contributed by atoms with van der Waals surface area (Å²) >= 11 is 0. The van der Waals surface area contributed by atoms with Gasteiger partial charge in [0.1, 0.15) is 0 Å². The molecule has 1 aliphatic heterocycles. The minimum absolute atomic E-state index is 0.688. The van der Waals surface area contributed by atoms with Crippen LogP contribution in [0.5, 0.6) is 0 Å². The maximum atomic E-state index is 2.60. The average molecular weight is 242 g/mol. The maximum absolute atomic E-state index is 2.60. The number of hydrogen-bond donors (Lipinski definition) is 0. The molecule has 17 heavy (non-hydrogen) atoms. The molecular weight excluding hydrogens is 208 g/mol. The highest BCUT2D eigenvalue weighted by Crippen LogP contribution is 2.20. The van der Waals surface area contributed by atoms with Crippen molar-refractivity contribution in [3.8, 4) is 0 Å². The van der Waals surface area contributed by atoms with Crippen molar-refractivity contribution in [1.29, 1.82) is 0 Å². The molecule has 104 valence electrons. The summed E-state index contributed by atoms with van der Waals surface area (Å²) in [4.78, 5) is 5.08. The van der Waals surface area contributed by atoms with E-state index >= 15 is 0 Å². The van der Waals surface area contributed by atoms with Gasteiger partial charge in [0.15, 0.2) is 0 Å². The van der Waals surface area contributed by atoms with Gasteiger partial charge in [-0.15, -0.1) is 0 Å². The standard InChI is InChI=1S/C13H28N2.C2H6/c1-11(2)14(5)10-13-6-8-15(9-7-13)12(3)4;1-2/h11-13H,6-10H2,1-5H3;1-2H3. The lowest BCUT2D eigenvalue weighted by molar-refractivity contribution is 0.121. The first-order valence-electron chi connectivity index (χ1n) is 7.45. The van der Waals surface area contributed by atoms with Crippen LogP contribution in [0.3, 0.4) is 0 Å². The van der Waals surface area contributed by atoms with Crippen molar-refractivity contribution in [2.75, 3.05) is 26.7 Å². The smallest absolute Gasteiger partial charge is 0.00385 e. The van der Waals surface area contributed by atoms with E-state index in [0.29, 0.717) is 6.04 Å². The predicted molar refractivity (Wildman–Crippen MR) is 78.5 cm³/mol. The van der Waals surface area contributed by atoms with Crippen LogP contribution in [0.4, 0.5) is 0 Å². The minimum atomic E-state index is 0.688. The van der Waals surface area contributed by atoms with Crippen LogP contribution in [0.15, 0.2) is 0 Å². The molecule has 1 heterocycles. The molecule has 2 nitrogen and oxygen atoms in total. The summed E-state index contributed by atoms with van der Waals surface area (Å²) in [7, 11) is 2.25. The van der Waals surface area contributed by atoms with Crippen LogP contribution in [0.25, 0.3) is 0 Å². The monoisotopic (exact) mass is 242 g/mol. The van der Waals surface area contributed by atoms with Gasteiger partial charge in [-0.05, 0) is 66.6 Å². The Morgan fingerprint density at radius 3 is 1.88 bits per heavy atom. The van der Waals surface area contributed by atoms with Crippen molar-refractivity contribution >= 4 is 0 Å². The topological polar surface area (TPSA) is 6.48 Å². The number of nitrogens with zero attached hydrogens (tertiary/aromatic N) is 2. The van der Waals surface area contributed by atoms with Crippen molar-refractivity contribution in [3.05, 3.63) is 0 Å². The Morgan fingerprint density at radius 2 is 1.53 bits per heavy atom. The molecule has 0 saturated carbocycles. The van der Waals surface area contributed by atoms with Crippen LogP contribution in [0.2, 0.25) is 0 Å². The van der Waals surface area contributed by atoms with E-state index in [4.69, 9.17) is 0 Å². The van der Waals surface area contributed by atoms with Crippen LogP contribution in [-0.2, 0) is 0 Å². The van der Waals surface area contributed by atoms with E-state index < -0.39 is 0 Å². The predicted octanol–water partition coefficient (Wildman–Crippen LogP) is 3.47. The lowest BCUT2D eigenvalue weighted by atomic mass is 9.95. The zero-order valence-electron chi connectivity index (χ0n) is 13.2. The second-order valence-electron chi connectivity index (χ2n) is 5.61. The van der Waals surface area contributed by atoms with E-state index in [2.05, 4.69) is 44.5 Å². The molecule has 0 aromatic heterocycles. The molecule has 0 unspecified atom stereocenters. The summed E-state index contributed by atoms with van der Waals surface area (Å²) in [6.45, 7) is 17.1. The third-order valence-electron chi connectivity index (χ3n) is 3.81. The van der Waals surface area contributed by atoms with Gasteiger partial charge < -0.3 is 9.80 Å². The van der Waals surface area contributed by atoms with Crippen LogP contribution < -0.4 is 0 Å². The Hall–Kier alpha value is -0.0800. The molecule has 0 atom stereocenters. The first kappa shape index (κ1) is 16.9. The largest absolute Gasteiger partial charge is 0.304 e. The minimum Gasteiger partial charge on any atom is -0.304 e. The van der Waals surface area contributed by atoms with Gasteiger partial charge in [0, 0.05) is 18.6 Å². The summed E-state index contributed by atoms with van der Waals surface area (Å²) in [5.41, 5.74) is 0. The molecule has 1 rings (SSSR count). The van der Waals surface area contributed by atoms with E-state index in [0.717, 1.165) is 12.0 Å². The van der Waals surface area contributed by atoms with E-state index in [-0.39, 0.29) is 0 Å². The third kappa shape index (κ3) is 6.42. The molecule has 2 heteroatoms. The first-order valence-corrected chi connectivity index (χ1v) is 7.45. The number of rotatable bonds is 4. The first-order chi connectivity index (χ1) is 8.00. The van der Waals surface area contributed by atoms with Crippen molar-refractivity contribution in [2.24, 2.45) is 5.92 Å². The highest BCUT2D eigenvalue weighted by Gasteiger charge is 2.22. The highest BCUT2D eigenvalue weighted by molar-refractivity contribution is 4.76. The number of hydrogen-bond acceptors (Lipinski definition) is 2. The van der Waals surface area contributed by atoms with Gasteiger partial charge >= 0.3 is 0 Å². The Morgan fingerprint density at radius 1 is 1.06 bits per heavy atom. The van der Waals surface area contributed by atoms with E-state index in [1.54, 1.807) is 0 Å². The Balaban J connectivity index is 0.00000121. The molecule has 0 N–H and O–H groups in total. The molecule has 0 aromatic carbocycles. The summed E-state index contributed by atoms with van der Waals surface area (Å²) in [5.74, 6) is 0.924. The maximum Gasteiger partial charge on any atom is 0.00385 e. The van der Waals surface area contributed by atoms with Gasteiger partial charge in [0.05, 0.1) is 0 Å². The van der Waals surface area contributed by atoms with E-state index in [1.807, 2.05) is 13.8 Å². The zero-order chi connectivity index (χ0) is 13.4. The summed E-state index contributed by atoms with van der Waals surface area (Å²) < 4.78 is 0. The fourth-order valence-electron chi connectivity index (χ4n) is 2.27. The molecule has 1 fully saturated rings. The molecule has 0 spiro atoms. The Bertz CT molecular complexity index is 170. The third-order valence-corrected chi connectivity index (χ3v) is 3.81. The molecule has 0 radical (unpaired) electrons. The number of likely N-dealkylation sites (tertiary alicyclic amines) is 1. The van der Waals surface area contributed by atoms with Gasteiger partial charge in [-0.1, -0.05) is 13.8 Å². The summed E-state index contributed by atoms with van der Waals surface area (Å²) in [6.07, 6.45) is 2.77. The quantitative estimate of drug-likeness (QED) is 0.745. The fraction of sp³-hybridized carbons (Fsp3) is 1.00.